The summed E-state index contributed by atoms with van der Waals surface area (Å²) in [4.78, 5) is 18.7. The van der Waals surface area contributed by atoms with Gasteiger partial charge >= 0.3 is 12.3 Å². The summed E-state index contributed by atoms with van der Waals surface area (Å²) >= 11 is 6.36. The number of pyridine rings is 1. The highest BCUT2D eigenvalue weighted by atomic mass is 35.5. The first-order valence-corrected chi connectivity index (χ1v) is 11.0. The molecule has 0 radical (unpaired) electrons. The molecule has 0 bridgehead atoms. The van der Waals surface area contributed by atoms with Crippen LogP contribution in [0.15, 0.2) is 54.6 Å². The van der Waals surface area contributed by atoms with E-state index in [4.69, 9.17) is 30.8 Å². The summed E-state index contributed by atoms with van der Waals surface area (Å²) in [6.07, 6.45) is -6.15. The van der Waals surface area contributed by atoms with Crippen LogP contribution in [0.3, 0.4) is 0 Å². The Morgan fingerprint density at radius 2 is 1.83 bits per heavy atom. The molecule has 0 amide bonds. The fourth-order valence-electron chi connectivity index (χ4n) is 3.99. The van der Waals surface area contributed by atoms with Crippen molar-refractivity contribution < 1.29 is 36.9 Å². The van der Waals surface area contributed by atoms with Crippen LogP contribution in [0.5, 0.6) is 5.75 Å². The summed E-state index contributed by atoms with van der Waals surface area (Å²) in [5.74, 6) is -0.511. The number of benzene rings is 2. The molecular weight excluding hydrogens is 489 g/mol. The van der Waals surface area contributed by atoms with E-state index in [1.54, 1.807) is 23.1 Å². The Labute approximate surface area is 204 Å². The van der Waals surface area contributed by atoms with Crippen molar-refractivity contribution >= 4 is 40.0 Å². The maximum Gasteiger partial charge on any atom is 0.573 e. The summed E-state index contributed by atoms with van der Waals surface area (Å²) in [6, 6.07) is 14.2. The maximum atomic E-state index is 12.6. The van der Waals surface area contributed by atoms with Crippen molar-refractivity contribution in [3.63, 3.8) is 0 Å². The number of halogens is 4. The Bertz CT molecular complexity index is 1190. The minimum Gasteiger partial charge on any atom is -0.467 e. The van der Waals surface area contributed by atoms with Crippen molar-refractivity contribution in [2.45, 2.75) is 37.6 Å². The van der Waals surface area contributed by atoms with Gasteiger partial charge < -0.3 is 18.9 Å². The standard InChI is InChI=1S/C24H22ClF3N2O5/c1-32-17-12-19(23(31)33-2)34-21(13-17)30(15-7-9-16(10-8-15)35-24(26,27)28)20-11-6-14-4-3-5-18(25)22(14)29-20/h3-11,17,19,21H,12-13H2,1-2H3. The molecule has 3 atom stereocenters. The average molecular weight is 511 g/mol. The summed E-state index contributed by atoms with van der Waals surface area (Å²) < 4.78 is 58.4. The number of nitrogens with zero attached hydrogens (tertiary/aromatic N) is 2. The van der Waals surface area contributed by atoms with Gasteiger partial charge in [0.1, 0.15) is 17.8 Å². The van der Waals surface area contributed by atoms with E-state index in [9.17, 15) is 18.0 Å². The number of fused-ring (bicyclic) bond motifs is 1. The van der Waals surface area contributed by atoms with E-state index in [0.29, 0.717) is 34.9 Å². The van der Waals surface area contributed by atoms with E-state index in [0.717, 1.165) is 5.39 Å². The number of hydrogen-bond donors (Lipinski definition) is 0. The topological polar surface area (TPSA) is 70.1 Å². The van der Waals surface area contributed by atoms with Gasteiger partial charge in [-0.25, -0.2) is 9.78 Å². The number of aromatic nitrogens is 1. The van der Waals surface area contributed by atoms with Gasteiger partial charge in [-0.1, -0.05) is 23.7 Å². The van der Waals surface area contributed by atoms with Crippen LogP contribution in [0.2, 0.25) is 5.02 Å². The third-order valence-electron chi connectivity index (χ3n) is 5.60. The summed E-state index contributed by atoms with van der Waals surface area (Å²) in [5.41, 5.74) is 1.00. The zero-order valence-electron chi connectivity index (χ0n) is 18.8. The van der Waals surface area contributed by atoms with Crippen LogP contribution in [0.25, 0.3) is 10.9 Å². The number of hydrogen-bond acceptors (Lipinski definition) is 7. The highest BCUT2D eigenvalue weighted by Gasteiger charge is 2.38. The molecular formula is C24H22ClF3N2O5. The fourth-order valence-corrected chi connectivity index (χ4v) is 4.22. The smallest absolute Gasteiger partial charge is 0.467 e. The van der Waals surface area contributed by atoms with Gasteiger partial charge in [0.25, 0.3) is 0 Å². The number of ether oxygens (including phenoxy) is 4. The first kappa shape index (κ1) is 25.0. The molecule has 1 aromatic heterocycles. The van der Waals surface area contributed by atoms with Crippen LogP contribution in [-0.4, -0.2) is 50.0 Å². The first-order chi connectivity index (χ1) is 16.7. The molecule has 35 heavy (non-hydrogen) atoms. The van der Waals surface area contributed by atoms with Crippen molar-refractivity contribution in [1.82, 2.24) is 4.98 Å². The number of rotatable bonds is 6. The third-order valence-corrected chi connectivity index (χ3v) is 5.90. The highest BCUT2D eigenvalue weighted by molar-refractivity contribution is 6.35. The Hall–Kier alpha value is -3.08. The lowest BCUT2D eigenvalue weighted by molar-refractivity contribution is -0.274. The first-order valence-electron chi connectivity index (χ1n) is 10.6. The molecule has 2 heterocycles. The van der Waals surface area contributed by atoms with E-state index in [-0.39, 0.29) is 11.9 Å². The van der Waals surface area contributed by atoms with Crippen LogP contribution in [0.1, 0.15) is 12.8 Å². The molecule has 0 spiro atoms. The zero-order chi connectivity index (χ0) is 25.2. The van der Waals surface area contributed by atoms with Gasteiger partial charge in [-0.2, -0.15) is 0 Å². The molecule has 4 rings (SSSR count). The van der Waals surface area contributed by atoms with Gasteiger partial charge in [-0.05, 0) is 42.5 Å². The second kappa shape index (κ2) is 10.3. The van der Waals surface area contributed by atoms with E-state index in [2.05, 4.69) is 4.74 Å². The lowest BCUT2D eigenvalue weighted by atomic mass is 10.0. The van der Waals surface area contributed by atoms with Crippen molar-refractivity contribution in [3.05, 3.63) is 59.6 Å². The third kappa shape index (κ3) is 5.77. The van der Waals surface area contributed by atoms with Gasteiger partial charge in [0.15, 0.2) is 6.10 Å². The Balaban J connectivity index is 1.78. The van der Waals surface area contributed by atoms with Crippen LogP contribution in [0, 0.1) is 0 Å². The SMILES string of the molecule is COC(=O)C1CC(OC)CC(N(c2ccc(OC(F)(F)F)cc2)c2ccc3cccc(Cl)c3n2)O1. The van der Waals surface area contributed by atoms with Crippen molar-refractivity contribution in [2.75, 3.05) is 19.1 Å². The normalized spacial score (nSPS) is 20.5. The quantitative estimate of drug-likeness (QED) is 0.399. The van der Waals surface area contributed by atoms with Gasteiger partial charge in [0.2, 0.25) is 0 Å². The molecule has 2 aromatic carbocycles. The number of carbonyl (C=O) groups is 1. The van der Waals surface area contributed by atoms with Gasteiger partial charge in [-0.15, -0.1) is 13.2 Å². The number of methoxy groups -OCH3 is 2. The molecule has 1 aliphatic rings. The average Bonchev–Trinajstić information content (AvgIpc) is 2.84. The molecule has 3 unspecified atom stereocenters. The number of alkyl halides is 3. The lowest BCUT2D eigenvalue weighted by Crippen LogP contribution is -2.48. The maximum absolute atomic E-state index is 12.6. The van der Waals surface area contributed by atoms with E-state index in [1.165, 1.54) is 38.5 Å². The molecule has 7 nitrogen and oxygen atoms in total. The monoisotopic (exact) mass is 510 g/mol. The van der Waals surface area contributed by atoms with E-state index < -0.39 is 24.7 Å². The van der Waals surface area contributed by atoms with Gasteiger partial charge in [0, 0.05) is 31.0 Å². The number of para-hydroxylation sites is 1. The predicted octanol–water partition coefficient (Wildman–Crippen LogP) is 5.62. The molecule has 1 fully saturated rings. The molecule has 0 N–H and O–H groups in total. The molecule has 0 saturated carbocycles. The van der Waals surface area contributed by atoms with Gasteiger partial charge in [-0.3, -0.25) is 4.90 Å². The molecule has 3 aromatic rings. The second-order valence-electron chi connectivity index (χ2n) is 7.82. The predicted molar refractivity (Wildman–Crippen MR) is 123 cm³/mol. The van der Waals surface area contributed by atoms with Crippen LogP contribution >= 0.6 is 11.6 Å². The van der Waals surface area contributed by atoms with E-state index >= 15 is 0 Å². The Kier molecular flexibility index (Phi) is 7.34. The minimum atomic E-state index is -4.82. The molecule has 1 saturated heterocycles. The zero-order valence-corrected chi connectivity index (χ0v) is 19.5. The van der Waals surface area contributed by atoms with Crippen molar-refractivity contribution in [2.24, 2.45) is 0 Å². The highest BCUT2D eigenvalue weighted by Crippen LogP contribution is 2.36. The molecule has 186 valence electrons. The largest absolute Gasteiger partial charge is 0.573 e. The minimum absolute atomic E-state index is 0.294. The van der Waals surface area contributed by atoms with Crippen LogP contribution in [0.4, 0.5) is 24.7 Å². The summed E-state index contributed by atoms with van der Waals surface area (Å²) in [5, 5.41) is 1.24. The second-order valence-corrected chi connectivity index (χ2v) is 8.23. The number of carbonyl (C=O) groups excluding carboxylic acids is 1. The van der Waals surface area contributed by atoms with Gasteiger partial charge in [0.05, 0.1) is 23.8 Å². The molecule has 1 aliphatic heterocycles. The van der Waals surface area contributed by atoms with Crippen LogP contribution in [-0.2, 0) is 19.0 Å². The molecule has 11 heteroatoms. The van der Waals surface area contributed by atoms with Crippen molar-refractivity contribution in [3.8, 4) is 5.75 Å². The Morgan fingerprint density at radius 3 is 2.49 bits per heavy atom. The summed E-state index contributed by atoms with van der Waals surface area (Å²) in [6.45, 7) is 0. The Morgan fingerprint density at radius 1 is 1.09 bits per heavy atom. The fraction of sp³-hybridized carbons (Fsp3) is 0.333. The van der Waals surface area contributed by atoms with Crippen LogP contribution < -0.4 is 9.64 Å². The van der Waals surface area contributed by atoms with E-state index in [1.807, 2.05) is 12.1 Å². The lowest BCUT2D eigenvalue weighted by Gasteiger charge is -2.40. The number of anilines is 2. The number of esters is 1. The summed E-state index contributed by atoms with van der Waals surface area (Å²) in [7, 11) is 2.80. The molecule has 0 aliphatic carbocycles. The van der Waals surface area contributed by atoms with Crippen molar-refractivity contribution in [1.29, 1.82) is 0 Å².